The van der Waals surface area contributed by atoms with Crippen LogP contribution in [0.1, 0.15) is 27.9 Å². The third-order valence-corrected chi connectivity index (χ3v) is 6.47. The number of carbonyl (C=O) groups excluding carboxylic acids is 1. The van der Waals surface area contributed by atoms with E-state index in [1.807, 2.05) is 12.3 Å². The van der Waals surface area contributed by atoms with Crippen molar-refractivity contribution in [1.29, 1.82) is 0 Å². The number of amides is 1. The highest BCUT2D eigenvalue weighted by molar-refractivity contribution is 5.98. The summed E-state index contributed by atoms with van der Waals surface area (Å²) in [5.41, 5.74) is 7.25. The summed E-state index contributed by atoms with van der Waals surface area (Å²) in [6, 6.07) is 10.9. The van der Waals surface area contributed by atoms with E-state index in [0.29, 0.717) is 12.6 Å². The van der Waals surface area contributed by atoms with Gasteiger partial charge in [-0.25, -0.2) is 4.98 Å². The van der Waals surface area contributed by atoms with Gasteiger partial charge in [-0.05, 0) is 41.8 Å². The van der Waals surface area contributed by atoms with Crippen LogP contribution in [0.3, 0.4) is 0 Å². The zero-order valence-electron chi connectivity index (χ0n) is 17.2. The predicted molar refractivity (Wildman–Crippen MR) is 117 cm³/mol. The number of carbonyl (C=O) groups is 1. The van der Waals surface area contributed by atoms with Gasteiger partial charge in [-0.2, -0.15) is 0 Å². The Bertz CT molecular complexity index is 908. The highest BCUT2D eigenvalue weighted by Crippen LogP contribution is 2.24. The lowest BCUT2D eigenvalue weighted by molar-refractivity contribution is 0.0966. The average Bonchev–Trinajstić information content (AvgIpc) is 3.42. The smallest absolute Gasteiger partial charge is 0.251 e. The first-order valence-corrected chi connectivity index (χ1v) is 10.7. The molecule has 8 heteroatoms. The lowest BCUT2D eigenvalue weighted by Crippen LogP contribution is -2.46. The zero-order chi connectivity index (χ0) is 20.5. The fourth-order valence-electron chi connectivity index (χ4n) is 4.64. The number of nitrogens with zero attached hydrogens (tertiary/aromatic N) is 4. The Morgan fingerprint density at radius 1 is 1.10 bits per heavy atom. The molecule has 0 spiro atoms. The van der Waals surface area contributed by atoms with Crippen LogP contribution >= 0.6 is 0 Å². The van der Waals surface area contributed by atoms with E-state index in [-0.39, 0.29) is 5.91 Å². The molecule has 158 valence electrons. The molecule has 0 bridgehead atoms. The SMILES string of the molecule is NNC1CCN(c2ccc(CN3CCN(c4ccc5c(c4)CNC5=O)CC3)cn2)C1. The average molecular weight is 408 g/mol. The molecule has 4 N–H and O–H groups in total. The van der Waals surface area contributed by atoms with E-state index >= 15 is 0 Å². The lowest BCUT2D eigenvalue weighted by atomic mass is 10.1. The van der Waals surface area contributed by atoms with Gasteiger partial charge in [-0.1, -0.05) is 6.07 Å². The number of aromatic nitrogens is 1. The molecular formula is C22H29N7O. The number of pyridine rings is 1. The molecule has 4 heterocycles. The summed E-state index contributed by atoms with van der Waals surface area (Å²) in [7, 11) is 0. The van der Waals surface area contributed by atoms with Crippen LogP contribution in [0.15, 0.2) is 36.5 Å². The van der Waals surface area contributed by atoms with E-state index in [4.69, 9.17) is 5.84 Å². The van der Waals surface area contributed by atoms with Crippen molar-refractivity contribution in [3.05, 3.63) is 53.2 Å². The quantitative estimate of drug-likeness (QED) is 0.496. The summed E-state index contributed by atoms with van der Waals surface area (Å²) in [6.07, 6.45) is 3.07. The van der Waals surface area contributed by atoms with Crippen LogP contribution in [0.5, 0.6) is 0 Å². The summed E-state index contributed by atoms with van der Waals surface area (Å²) in [5.74, 6) is 6.63. The van der Waals surface area contributed by atoms with Crippen LogP contribution in [0.2, 0.25) is 0 Å². The Morgan fingerprint density at radius 3 is 2.70 bits per heavy atom. The molecule has 1 atom stereocenters. The molecule has 3 aliphatic heterocycles. The van der Waals surface area contributed by atoms with Gasteiger partial charge in [0.25, 0.3) is 5.91 Å². The number of hydrazine groups is 1. The second-order valence-electron chi connectivity index (χ2n) is 8.41. The Morgan fingerprint density at radius 2 is 1.97 bits per heavy atom. The maximum atomic E-state index is 11.7. The van der Waals surface area contributed by atoms with Crippen LogP contribution < -0.4 is 26.4 Å². The normalized spacial score (nSPS) is 21.8. The van der Waals surface area contributed by atoms with E-state index in [9.17, 15) is 4.79 Å². The number of anilines is 2. The summed E-state index contributed by atoms with van der Waals surface area (Å²) in [6.45, 7) is 7.51. The Labute approximate surface area is 177 Å². The van der Waals surface area contributed by atoms with Crippen molar-refractivity contribution < 1.29 is 4.79 Å². The third kappa shape index (κ3) is 3.86. The summed E-state index contributed by atoms with van der Waals surface area (Å²) < 4.78 is 0. The van der Waals surface area contributed by atoms with E-state index < -0.39 is 0 Å². The first-order valence-electron chi connectivity index (χ1n) is 10.7. The van der Waals surface area contributed by atoms with Gasteiger partial charge < -0.3 is 15.1 Å². The highest BCUT2D eigenvalue weighted by atomic mass is 16.1. The van der Waals surface area contributed by atoms with Gasteiger partial charge in [0.05, 0.1) is 0 Å². The maximum Gasteiger partial charge on any atom is 0.251 e. The van der Waals surface area contributed by atoms with Gasteiger partial charge in [0.15, 0.2) is 0 Å². The van der Waals surface area contributed by atoms with Crippen molar-refractivity contribution in [2.75, 3.05) is 49.1 Å². The monoisotopic (exact) mass is 407 g/mol. The van der Waals surface area contributed by atoms with Crippen molar-refractivity contribution >= 4 is 17.4 Å². The molecule has 0 radical (unpaired) electrons. The number of nitrogens with two attached hydrogens (primary N) is 1. The molecule has 5 rings (SSSR count). The molecule has 30 heavy (non-hydrogen) atoms. The van der Waals surface area contributed by atoms with Crippen molar-refractivity contribution in [1.82, 2.24) is 20.6 Å². The van der Waals surface area contributed by atoms with Crippen LogP contribution in [-0.2, 0) is 13.1 Å². The topological polar surface area (TPSA) is 89.8 Å². The minimum absolute atomic E-state index is 0.0431. The standard InChI is InChI=1S/C22H29N7O/c23-26-18-5-6-29(15-18)21-4-1-16(12-24-21)14-27-7-9-28(10-8-27)19-2-3-20-17(11-19)13-25-22(20)30/h1-4,11-12,18,26H,5-10,13-15,23H2,(H,25,30). The van der Waals surface area contributed by atoms with Crippen molar-refractivity contribution in [3.63, 3.8) is 0 Å². The van der Waals surface area contributed by atoms with E-state index in [1.165, 1.54) is 11.3 Å². The largest absolute Gasteiger partial charge is 0.369 e. The molecule has 2 aromatic rings. The molecule has 1 amide bonds. The number of hydrogen-bond acceptors (Lipinski definition) is 7. The second kappa shape index (κ2) is 8.22. The molecule has 8 nitrogen and oxygen atoms in total. The van der Waals surface area contributed by atoms with Crippen molar-refractivity contribution in [2.24, 2.45) is 5.84 Å². The fourth-order valence-corrected chi connectivity index (χ4v) is 4.64. The number of nitrogens with one attached hydrogen (secondary N) is 2. The number of piperazine rings is 1. The Balaban J connectivity index is 1.14. The first kappa shape index (κ1) is 19.3. The Hall–Kier alpha value is -2.68. The predicted octanol–water partition coefficient (Wildman–Crippen LogP) is 0.689. The maximum absolute atomic E-state index is 11.7. The molecule has 2 fully saturated rings. The molecule has 2 saturated heterocycles. The Kier molecular flexibility index (Phi) is 5.28. The van der Waals surface area contributed by atoms with Gasteiger partial charge in [-0.3, -0.25) is 21.0 Å². The van der Waals surface area contributed by atoms with Gasteiger partial charge >= 0.3 is 0 Å². The van der Waals surface area contributed by atoms with Crippen molar-refractivity contribution in [2.45, 2.75) is 25.6 Å². The zero-order valence-corrected chi connectivity index (χ0v) is 17.2. The fraction of sp³-hybridized carbons (Fsp3) is 0.455. The molecule has 1 unspecified atom stereocenters. The molecule has 1 aromatic heterocycles. The number of benzene rings is 1. The van der Waals surface area contributed by atoms with E-state index in [2.05, 4.69) is 54.7 Å². The minimum Gasteiger partial charge on any atom is -0.369 e. The lowest BCUT2D eigenvalue weighted by Gasteiger charge is -2.36. The van der Waals surface area contributed by atoms with Gasteiger partial charge in [-0.15, -0.1) is 0 Å². The number of fused-ring (bicyclic) bond motifs is 1. The number of hydrogen-bond donors (Lipinski definition) is 3. The first-order chi connectivity index (χ1) is 14.7. The van der Waals surface area contributed by atoms with Crippen LogP contribution in [-0.4, -0.2) is 61.1 Å². The highest BCUT2D eigenvalue weighted by Gasteiger charge is 2.24. The number of rotatable bonds is 5. The van der Waals surface area contributed by atoms with Gasteiger partial charge in [0.2, 0.25) is 0 Å². The molecule has 1 aromatic carbocycles. The second-order valence-corrected chi connectivity index (χ2v) is 8.41. The van der Waals surface area contributed by atoms with Gasteiger partial charge in [0, 0.05) is 75.8 Å². The molecular weight excluding hydrogens is 378 g/mol. The molecule has 3 aliphatic rings. The minimum atomic E-state index is 0.0431. The van der Waals surface area contributed by atoms with E-state index in [0.717, 1.165) is 69.2 Å². The summed E-state index contributed by atoms with van der Waals surface area (Å²) >= 11 is 0. The van der Waals surface area contributed by atoms with Crippen molar-refractivity contribution in [3.8, 4) is 0 Å². The van der Waals surface area contributed by atoms with Crippen LogP contribution in [0, 0.1) is 0 Å². The summed E-state index contributed by atoms with van der Waals surface area (Å²) in [4.78, 5) is 23.6. The molecule has 0 aliphatic carbocycles. The third-order valence-electron chi connectivity index (χ3n) is 6.47. The van der Waals surface area contributed by atoms with Crippen LogP contribution in [0.4, 0.5) is 11.5 Å². The van der Waals surface area contributed by atoms with Crippen LogP contribution in [0.25, 0.3) is 0 Å². The van der Waals surface area contributed by atoms with Gasteiger partial charge in [0.1, 0.15) is 5.82 Å². The summed E-state index contributed by atoms with van der Waals surface area (Å²) in [5, 5.41) is 2.89. The molecule has 0 saturated carbocycles. The van der Waals surface area contributed by atoms with E-state index in [1.54, 1.807) is 0 Å².